The summed E-state index contributed by atoms with van der Waals surface area (Å²) in [4.78, 5) is 26.6. The average molecular weight is 520 g/mol. The molecule has 2 heterocycles. The van der Waals surface area contributed by atoms with E-state index in [0.717, 1.165) is 17.5 Å². The van der Waals surface area contributed by atoms with E-state index in [-0.39, 0.29) is 17.7 Å². The standard InChI is InChI=1S/C31H29N5O3/c1-17-7-6-8-19(13-17)11-12-24-34-29(33-23-14-21(23)20-9-4-3-5-10-20)25-30(35-24)36(16-32-25)26-22-15-31(22,18(2)37)28(39)27(26)38/h3-10,13,16,21-23,26-28,38-39H,14-15H2,1-2H3,(H,33,34,35)/t21?,22?,23-,26-,27+,28?,31+/m1/s1. The fourth-order valence-electron chi connectivity index (χ4n) is 6.51. The highest BCUT2D eigenvalue weighted by molar-refractivity contribution is 5.88. The summed E-state index contributed by atoms with van der Waals surface area (Å²) in [7, 11) is 0. The van der Waals surface area contributed by atoms with Gasteiger partial charge in [0.1, 0.15) is 11.9 Å². The molecule has 0 aliphatic heterocycles. The van der Waals surface area contributed by atoms with Crippen molar-refractivity contribution < 1.29 is 15.0 Å². The van der Waals surface area contributed by atoms with Gasteiger partial charge in [-0.1, -0.05) is 48.4 Å². The van der Waals surface area contributed by atoms with Crippen LogP contribution in [0.2, 0.25) is 0 Å². The largest absolute Gasteiger partial charge is 0.389 e. The Labute approximate surface area is 226 Å². The van der Waals surface area contributed by atoms with Crippen molar-refractivity contribution in [1.82, 2.24) is 19.5 Å². The number of aliphatic hydroxyl groups is 2. The lowest BCUT2D eigenvalue weighted by molar-refractivity contribution is -0.128. The lowest BCUT2D eigenvalue weighted by Gasteiger charge is -2.23. The van der Waals surface area contributed by atoms with Crippen LogP contribution in [-0.2, 0) is 4.79 Å². The Balaban J connectivity index is 1.29. The topological polar surface area (TPSA) is 113 Å². The van der Waals surface area contributed by atoms with Crippen molar-refractivity contribution >= 4 is 22.8 Å². The van der Waals surface area contributed by atoms with Crippen LogP contribution in [-0.4, -0.2) is 53.8 Å². The number of aryl methyl sites for hydroxylation is 1. The molecule has 3 unspecified atom stereocenters. The molecule has 0 bridgehead atoms. The monoisotopic (exact) mass is 519 g/mol. The fourth-order valence-corrected chi connectivity index (χ4v) is 6.51. The molecule has 3 aliphatic carbocycles. The number of aliphatic hydroxyl groups excluding tert-OH is 2. The van der Waals surface area contributed by atoms with Gasteiger partial charge in [0.05, 0.1) is 23.9 Å². The highest BCUT2D eigenvalue weighted by Gasteiger charge is 2.74. The van der Waals surface area contributed by atoms with E-state index in [1.54, 1.807) is 10.9 Å². The molecule has 0 radical (unpaired) electrons. The highest BCUT2D eigenvalue weighted by Crippen LogP contribution is 2.68. The quantitative estimate of drug-likeness (QED) is 0.347. The predicted octanol–water partition coefficient (Wildman–Crippen LogP) is 3.37. The summed E-state index contributed by atoms with van der Waals surface area (Å²) in [5.74, 6) is 7.34. The van der Waals surface area contributed by atoms with Crippen LogP contribution < -0.4 is 5.32 Å². The van der Waals surface area contributed by atoms with Crippen LogP contribution in [0.5, 0.6) is 0 Å². The van der Waals surface area contributed by atoms with Crippen molar-refractivity contribution in [1.29, 1.82) is 0 Å². The summed E-state index contributed by atoms with van der Waals surface area (Å²) in [6, 6.07) is 18.0. The average Bonchev–Trinajstić information content (AvgIpc) is 3.81. The number of carbonyl (C=O) groups is 1. The second-order valence-corrected chi connectivity index (χ2v) is 11.2. The number of aromatic nitrogens is 4. The Kier molecular flexibility index (Phi) is 5.38. The van der Waals surface area contributed by atoms with Gasteiger partial charge in [0.25, 0.3) is 0 Å². The first-order chi connectivity index (χ1) is 18.9. The number of nitrogens with zero attached hydrogens (tertiary/aromatic N) is 4. The van der Waals surface area contributed by atoms with Gasteiger partial charge in [0, 0.05) is 17.5 Å². The van der Waals surface area contributed by atoms with Crippen LogP contribution in [0.1, 0.15) is 54.2 Å². The smallest absolute Gasteiger partial charge is 0.209 e. The summed E-state index contributed by atoms with van der Waals surface area (Å²) in [5.41, 5.74) is 3.48. The van der Waals surface area contributed by atoms with Crippen LogP contribution >= 0.6 is 0 Å². The van der Waals surface area contributed by atoms with Gasteiger partial charge in [0.2, 0.25) is 5.82 Å². The van der Waals surface area contributed by atoms with Gasteiger partial charge in [-0.2, -0.15) is 0 Å². The molecular weight excluding hydrogens is 490 g/mol. The molecule has 4 aromatic rings. The van der Waals surface area contributed by atoms with E-state index in [9.17, 15) is 15.0 Å². The Hall–Kier alpha value is -4.06. The first-order valence-corrected chi connectivity index (χ1v) is 13.4. The first-order valence-electron chi connectivity index (χ1n) is 13.4. The number of anilines is 1. The van der Waals surface area contributed by atoms with Crippen LogP contribution in [0.25, 0.3) is 11.2 Å². The SMILES string of the molecule is CC(=O)[C@@]12CC1[C@@H](n1cnc3c(N[C@@H]4CC4c4ccccc4)nc(C#Cc4cccc(C)c4)nc31)[C@H](O)C2O. The normalized spacial score (nSPS) is 30.4. The number of rotatable bonds is 5. The summed E-state index contributed by atoms with van der Waals surface area (Å²) in [6.45, 7) is 3.51. The van der Waals surface area contributed by atoms with Crippen molar-refractivity contribution in [2.24, 2.45) is 11.3 Å². The van der Waals surface area contributed by atoms with Gasteiger partial charge in [-0.25, -0.2) is 15.0 Å². The number of hydrogen-bond donors (Lipinski definition) is 3. The van der Waals surface area contributed by atoms with E-state index < -0.39 is 23.7 Å². The van der Waals surface area contributed by atoms with Gasteiger partial charge in [0.15, 0.2) is 17.0 Å². The maximum atomic E-state index is 12.4. The fraction of sp³-hybridized carbons (Fsp3) is 0.355. The predicted molar refractivity (Wildman–Crippen MR) is 146 cm³/mol. The van der Waals surface area contributed by atoms with Crippen molar-refractivity contribution in [2.45, 2.75) is 56.9 Å². The molecule has 39 heavy (non-hydrogen) atoms. The minimum atomic E-state index is -1.11. The summed E-state index contributed by atoms with van der Waals surface area (Å²) < 4.78 is 1.80. The number of ketones is 1. The molecule has 8 heteroatoms. The lowest BCUT2D eigenvalue weighted by Crippen LogP contribution is -2.36. The number of carbonyl (C=O) groups excluding carboxylic acids is 1. The third-order valence-corrected chi connectivity index (χ3v) is 8.75. The third kappa shape index (κ3) is 3.84. The molecule has 196 valence electrons. The molecule has 3 fully saturated rings. The van der Waals surface area contributed by atoms with E-state index >= 15 is 0 Å². The maximum absolute atomic E-state index is 12.4. The van der Waals surface area contributed by atoms with Gasteiger partial charge in [-0.05, 0) is 61.8 Å². The van der Waals surface area contributed by atoms with Gasteiger partial charge >= 0.3 is 0 Å². The Bertz CT molecular complexity index is 1670. The van der Waals surface area contributed by atoms with Crippen molar-refractivity contribution in [3.05, 3.63) is 83.4 Å². The number of fused-ring (bicyclic) bond motifs is 2. The zero-order chi connectivity index (χ0) is 26.9. The van der Waals surface area contributed by atoms with E-state index in [0.29, 0.717) is 35.1 Å². The zero-order valence-corrected chi connectivity index (χ0v) is 21.7. The Morgan fingerprint density at radius 1 is 1.10 bits per heavy atom. The molecule has 3 aliphatic rings. The van der Waals surface area contributed by atoms with Crippen LogP contribution in [0.15, 0.2) is 60.9 Å². The van der Waals surface area contributed by atoms with Gasteiger partial charge in [-0.15, -0.1) is 0 Å². The second-order valence-electron chi connectivity index (χ2n) is 11.2. The molecule has 3 N–H and O–H groups in total. The second kappa shape index (κ2) is 8.73. The first kappa shape index (κ1) is 24.0. The molecule has 0 spiro atoms. The van der Waals surface area contributed by atoms with E-state index in [2.05, 4.69) is 46.4 Å². The highest BCUT2D eigenvalue weighted by atomic mass is 16.3. The summed E-state index contributed by atoms with van der Waals surface area (Å²) in [5, 5.41) is 25.4. The Morgan fingerprint density at radius 3 is 2.67 bits per heavy atom. The molecule has 8 nitrogen and oxygen atoms in total. The van der Waals surface area contributed by atoms with Crippen molar-refractivity contribution in [2.75, 3.05) is 5.32 Å². The minimum absolute atomic E-state index is 0.0895. The van der Waals surface area contributed by atoms with E-state index in [1.165, 1.54) is 12.5 Å². The number of imidazole rings is 1. The van der Waals surface area contributed by atoms with Crippen LogP contribution in [0, 0.1) is 30.1 Å². The van der Waals surface area contributed by atoms with Crippen molar-refractivity contribution in [3.8, 4) is 11.8 Å². The molecule has 0 saturated heterocycles. The molecular formula is C31H29N5O3. The molecule has 7 atom stereocenters. The zero-order valence-electron chi connectivity index (χ0n) is 21.7. The molecule has 2 aromatic carbocycles. The van der Waals surface area contributed by atoms with Gasteiger partial charge < -0.3 is 20.1 Å². The molecule has 0 amide bonds. The van der Waals surface area contributed by atoms with E-state index in [1.807, 2.05) is 37.3 Å². The molecule has 2 aromatic heterocycles. The number of benzene rings is 2. The van der Waals surface area contributed by atoms with Crippen LogP contribution in [0.3, 0.4) is 0 Å². The van der Waals surface area contributed by atoms with Crippen molar-refractivity contribution in [3.63, 3.8) is 0 Å². The van der Waals surface area contributed by atoms with E-state index in [4.69, 9.17) is 9.97 Å². The summed E-state index contributed by atoms with van der Waals surface area (Å²) >= 11 is 0. The van der Waals surface area contributed by atoms with Crippen LogP contribution in [0.4, 0.5) is 5.82 Å². The number of nitrogens with one attached hydrogen (secondary N) is 1. The summed E-state index contributed by atoms with van der Waals surface area (Å²) in [6.07, 6.45) is 0.961. The molecule has 3 saturated carbocycles. The Morgan fingerprint density at radius 2 is 1.92 bits per heavy atom. The number of Topliss-reactive ketones (excluding diaryl/α,β-unsaturated/α-hetero) is 1. The maximum Gasteiger partial charge on any atom is 0.209 e. The minimum Gasteiger partial charge on any atom is -0.389 e. The third-order valence-electron chi connectivity index (χ3n) is 8.75. The van der Waals surface area contributed by atoms with Gasteiger partial charge in [-0.3, -0.25) is 4.79 Å². The molecule has 7 rings (SSSR count). The number of hydrogen-bond acceptors (Lipinski definition) is 7. The lowest BCUT2D eigenvalue weighted by atomic mass is 9.95.